The molecule has 28 heavy (non-hydrogen) atoms. The van der Waals surface area contributed by atoms with Crippen molar-refractivity contribution >= 4 is 29.9 Å². The Bertz CT molecular complexity index is 565. The molecule has 6 nitrogen and oxygen atoms in total. The molecule has 7 heteroatoms. The molecular weight excluding hydrogens is 467 g/mol. The molecular formula is C21H37IN4O2. The molecule has 160 valence electrons. The lowest BCUT2D eigenvalue weighted by molar-refractivity contribution is 0.136. The molecule has 1 aromatic carbocycles. The molecule has 0 saturated carbocycles. The average molecular weight is 504 g/mol. The number of ether oxygens (including phenoxy) is 2. The molecule has 1 aliphatic heterocycles. The summed E-state index contributed by atoms with van der Waals surface area (Å²) in [5.74, 6) is 1.73. The number of halogens is 1. The van der Waals surface area contributed by atoms with Gasteiger partial charge in [-0.2, -0.15) is 0 Å². The van der Waals surface area contributed by atoms with Crippen LogP contribution in [0.2, 0.25) is 0 Å². The smallest absolute Gasteiger partial charge is 0.191 e. The molecule has 1 atom stereocenters. The molecule has 2 rings (SSSR count). The van der Waals surface area contributed by atoms with Gasteiger partial charge in [0.05, 0.1) is 19.8 Å². The van der Waals surface area contributed by atoms with E-state index < -0.39 is 0 Å². The Balaban J connectivity index is 0.00000392. The maximum absolute atomic E-state index is 5.60. The van der Waals surface area contributed by atoms with Crippen LogP contribution in [0.15, 0.2) is 29.3 Å². The molecule has 0 amide bonds. The highest BCUT2D eigenvalue weighted by molar-refractivity contribution is 14.0. The second kappa shape index (κ2) is 14.9. The van der Waals surface area contributed by atoms with Gasteiger partial charge in [-0.1, -0.05) is 25.5 Å². The highest BCUT2D eigenvalue weighted by atomic mass is 127. The molecule has 0 aliphatic carbocycles. The van der Waals surface area contributed by atoms with Crippen LogP contribution in [0, 0.1) is 0 Å². The Labute approximate surface area is 187 Å². The predicted molar refractivity (Wildman–Crippen MR) is 127 cm³/mol. The van der Waals surface area contributed by atoms with Crippen molar-refractivity contribution in [3.05, 3.63) is 29.8 Å². The number of unbranched alkanes of at least 4 members (excludes halogenated alkanes) is 1. The Hall–Kier alpha value is -1.06. The van der Waals surface area contributed by atoms with E-state index in [1.165, 1.54) is 24.8 Å². The minimum Gasteiger partial charge on any atom is -0.497 e. The topological polar surface area (TPSA) is 58.1 Å². The quantitative estimate of drug-likeness (QED) is 0.209. The molecule has 0 spiro atoms. The summed E-state index contributed by atoms with van der Waals surface area (Å²) in [7, 11) is 3.53. The first-order valence-electron chi connectivity index (χ1n) is 10.2. The lowest BCUT2D eigenvalue weighted by Crippen LogP contribution is -2.43. The van der Waals surface area contributed by atoms with E-state index in [0.29, 0.717) is 12.6 Å². The first kappa shape index (κ1) is 25.0. The van der Waals surface area contributed by atoms with Crippen LogP contribution in [0.5, 0.6) is 5.75 Å². The lowest BCUT2D eigenvalue weighted by atomic mass is 10.1. The third-order valence-electron chi connectivity index (χ3n) is 4.93. The molecule has 0 aromatic heterocycles. The van der Waals surface area contributed by atoms with Crippen molar-refractivity contribution in [3.63, 3.8) is 0 Å². The van der Waals surface area contributed by atoms with Gasteiger partial charge in [-0.3, -0.25) is 9.89 Å². The van der Waals surface area contributed by atoms with Gasteiger partial charge in [0.25, 0.3) is 0 Å². The monoisotopic (exact) mass is 504 g/mol. The van der Waals surface area contributed by atoms with Crippen LogP contribution in [-0.4, -0.2) is 64.4 Å². The molecule has 0 radical (unpaired) electrons. The molecule has 1 heterocycles. The normalized spacial score (nSPS) is 15.8. The number of guanidine groups is 1. The lowest BCUT2D eigenvalue weighted by Gasteiger charge is -2.29. The van der Waals surface area contributed by atoms with Gasteiger partial charge in [0, 0.05) is 26.7 Å². The summed E-state index contributed by atoms with van der Waals surface area (Å²) in [6.45, 7) is 7.55. The maximum atomic E-state index is 5.60. The van der Waals surface area contributed by atoms with E-state index in [1.54, 1.807) is 7.11 Å². The van der Waals surface area contributed by atoms with Crippen LogP contribution in [0.4, 0.5) is 0 Å². The second-order valence-corrected chi connectivity index (χ2v) is 6.88. The van der Waals surface area contributed by atoms with Crippen LogP contribution in [0.25, 0.3) is 0 Å². The van der Waals surface area contributed by atoms with Gasteiger partial charge in [0.15, 0.2) is 5.96 Å². The van der Waals surface area contributed by atoms with Crippen molar-refractivity contribution < 1.29 is 9.47 Å². The summed E-state index contributed by atoms with van der Waals surface area (Å²) in [5, 5.41) is 6.82. The van der Waals surface area contributed by atoms with E-state index in [-0.39, 0.29) is 24.0 Å². The number of rotatable bonds is 11. The SMILES string of the molecule is CCCCOCCNC(=NC)NCC(c1cccc(OC)c1)N1CCCC1.I. The molecule has 1 aliphatic rings. The van der Waals surface area contributed by atoms with Gasteiger partial charge in [-0.25, -0.2) is 0 Å². The number of hydrogen-bond acceptors (Lipinski definition) is 4. The summed E-state index contributed by atoms with van der Waals surface area (Å²) in [4.78, 5) is 6.89. The third kappa shape index (κ3) is 8.53. The number of nitrogens with one attached hydrogen (secondary N) is 2. The summed E-state index contributed by atoms with van der Waals surface area (Å²) < 4.78 is 11.0. The standard InChI is InChI=1S/C21H36N4O2.HI/c1-4-5-14-27-15-11-23-21(22-2)24-17-20(25-12-6-7-13-25)18-9-8-10-19(16-18)26-3;/h8-10,16,20H,4-7,11-15,17H2,1-3H3,(H2,22,23,24);1H. The van der Waals surface area contributed by atoms with Crippen molar-refractivity contribution in [3.8, 4) is 5.75 Å². The fraction of sp³-hybridized carbons (Fsp3) is 0.667. The predicted octanol–water partition coefficient (Wildman–Crippen LogP) is 3.43. The van der Waals surface area contributed by atoms with Crippen molar-refractivity contribution in [1.82, 2.24) is 15.5 Å². The van der Waals surface area contributed by atoms with E-state index >= 15 is 0 Å². The number of likely N-dealkylation sites (tertiary alicyclic amines) is 1. The molecule has 2 N–H and O–H groups in total. The Morgan fingerprint density at radius 1 is 1.21 bits per heavy atom. The zero-order chi connectivity index (χ0) is 19.3. The summed E-state index contributed by atoms with van der Waals surface area (Å²) in [5.41, 5.74) is 1.28. The van der Waals surface area contributed by atoms with Crippen molar-refractivity contribution in [2.24, 2.45) is 4.99 Å². The van der Waals surface area contributed by atoms with Gasteiger partial charge < -0.3 is 20.1 Å². The first-order valence-corrected chi connectivity index (χ1v) is 10.2. The molecule has 1 unspecified atom stereocenters. The number of nitrogens with zero attached hydrogens (tertiary/aromatic N) is 2. The van der Waals surface area contributed by atoms with Crippen LogP contribution in [0.3, 0.4) is 0 Å². The zero-order valence-corrected chi connectivity index (χ0v) is 19.9. The molecule has 1 aromatic rings. The molecule has 0 bridgehead atoms. The minimum absolute atomic E-state index is 0. The van der Waals surface area contributed by atoms with Crippen LogP contribution in [-0.2, 0) is 4.74 Å². The van der Waals surface area contributed by atoms with Crippen molar-refractivity contribution in [1.29, 1.82) is 0 Å². The summed E-state index contributed by atoms with van der Waals surface area (Å²) in [6, 6.07) is 8.70. The van der Waals surface area contributed by atoms with E-state index in [4.69, 9.17) is 9.47 Å². The van der Waals surface area contributed by atoms with Crippen molar-refractivity contribution in [2.75, 3.05) is 53.6 Å². The van der Waals surface area contributed by atoms with Gasteiger partial charge in [0.2, 0.25) is 0 Å². The molecule has 1 saturated heterocycles. The third-order valence-corrected chi connectivity index (χ3v) is 4.93. The highest BCUT2D eigenvalue weighted by Gasteiger charge is 2.24. The van der Waals surface area contributed by atoms with E-state index in [9.17, 15) is 0 Å². The van der Waals surface area contributed by atoms with Crippen molar-refractivity contribution in [2.45, 2.75) is 38.6 Å². The van der Waals surface area contributed by atoms with E-state index in [2.05, 4.69) is 45.6 Å². The summed E-state index contributed by atoms with van der Waals surface area (Å²) >= 11 is 0. The van der Waals surface area contributed by atoms with Crippen LogP contribution in [0.1, 0.15) is 44.2 Å². The van der Waals surface area contributed by atoms with Gasteiger partial charge >= 0.3 is 0 Å². The number of methoxy groups -OCH3 is 1. The maximum Gasteiger partial charge on any atom is 0.191 e. The highest BCUT2D eigenvalue weighted by Crippen LogP contribution is 2.27. The second-order valence-electron chi connectivity index (χ2n) is 6.88. The van der Waals surface area contributed by atoms with Crippen LogP contribution >= 0.6 is 24.0 Å². The van der Waals surface area contributed by atoms with Gasteiger partial charge in [-0.05, 0) is 50.0 Å². The number of benzene rings is 1. The van der Waals surface area contributed by atoms with E-state index in [0.717, 1.165) is 50.9 Å². The Morgan fingerprint density at radius 2 is 2.00 bits per heavy atom. The first-order chi connectivity index (χ1) is 13.3. The average Bonchev–Trinajstić information content (AvgIpc) is 3.23. The summed E-state index contributed by atoms with van der Waals surface area (Å²) in [6.07, 6.45) is 4.81. The zero-order valence-electron chi connectivity index (χ0n) is 17.6. The van der Waals surface area contributed by atoms with Gasteiger partial charge in [0.1, 0.15) is 5.75 Å². The fourth-order valence-corrected chi connectivity index (χ4v) is 3.36. The number of hydrogen-bond donors (Lipinski definition) is 2. The largest absolute Gasteiger partial charge is 0.497 e. The Kier molecular flexibility index (Phi) is 13.3. The van der Waals surface area contributed by atoms with E-state index in [1.807, 2.05) is 13.1 Å². The van der Waals surface area contributed by atoms with Crippen LogP contribution < -0.4 is 15.4 Å². The number of aliphatic imine (C=N–C) groups is 1. The minimum atomic E-state index is 0. The van der Waals surface area contributed by atoms with Gasteiger partial charge in [-0.15, -0.1) is 24.0 Å². The fourth-order valence-electron chi connectivity index (χ4n) is 3.36. The Morgan fingerprint density at radius 3 is 2.68 bits per heavy atom. The molecule has 1 fully saturated rings.